The SMILES string of the molecule is COc1cccc(CCN[C@H]2CCC[C@@H](Oc3ccccc3C)[C@@H]2O)c1. The van der Waals surface area contributed by atoms with Gasteiger partial charge >= 0.3 is 0 Å². The van der Waals surface area contributed by atoms with E-state index in [0.29, 0.717) is 0 Å². The van der Waals surface area contributed by atoms with Gasteiger partial charge in [0, 0.05) is 6.04 Å². The molecule has 0 radical (unpaired) electrons. The number of hydrogen-bond acceptors (Lipinski definition) is 4. The van der Waals surface area contributed by atoms with Gasteiger partial charge in [-0.2, -0.15) is 0 Å². The third kappa shape index (κ3) is 4.77. The highest BCUT2D eigenvalue weighted by Crippen LogP contribution is 2.26. The van der Waals surface area contributed by atoms with Gasteiger partial charge in [0.05, 0.1) is 7.11 Å². The molecule has 1 aliphatic carbocycles. The summed E-state index contributed by atoms with van der Waals surface area (Å²) in [4.78, 5) is 0. The zero-order chi connectivity index (χ0) is 18.4. The number of hydrogen-bond donors (Lipinski definition) is 2. The molecule has 3 rings (SSSR count). The average Bonchev–Trinajstić information content (AvgIpc) is 2.66. The van der Waals surface area contributed by atoms with Crippen molar-refractivity contribution in [1.29, 1.82) is 0 Å². The quantitative estimate of drug-likeness (QED) is 0.798. The molecule has 0 spiro atoms. The number of aliphatic hydroxyl groups excluding tert-OH is 1. The molecule has 0 heterocycles. The van der Waals surface area contributed by atoms with Crippen LogP contribution in [0.2, 0.25) is 0 Å². The second-order valence-electron chi connectivity index (χ2n) is 7.01. The van der Waals surface area contributed by atoms with Crippen LogP contribution in [-0.4, -0.2) is 37.0 Å². The first kappa shape index (κ1) is 18.7. The van der Waals surface area contributed by atoms with Crippen molar-refractivity contribution < 1.29 is 14.6 Å². The smallest absolute Gasteiger partial charge is 0.126 e. The lowest BCUT2D eigenvalue weighted by molar-refractivity contribution is -0.0154. The summed E-state index contributed by atoms with van der Waals surface area (Å²) >= 11 is 0. The molecule has 1 fully saturated rings. The number of ether oxygens (including phenoxy) is 2. The van der Waals surface area contributed by atoms with Gasteiger partial charge in [0.1, 0.15) is 23.7 Å². The number of benzene rings is 2. The van der Waals surface area contributed by atoms with Gasteiger partial charge < -0.3 is 19.9 Å². The third-order valence-corrected chi connectivity index (χ3v) is 5.12. The molecule has 2 aromatic rings. The van der Waals surface area contributed by atoms with Crippen molar-refractivity contribution in [3.8, 4) is 11.5 Å². The minimum atomic E-state index is -0.492. The van der Waals surface area contributed by atoms with E-state index in [2.05, 4.69) is 17.4 Å². The zero-order valence-electron chi connectivity index (χ0n) is 15.7. The normalized spacial score (nSPS) is 22.8. The Hall–Kier alpha value is -2.04. The van der Waals surface area contributed by atoms with Gasteiger partial charge in [-0.15, -0.1) is 0 Å². The van der Waals surface area contributed by atoms with Gasteiger partial charge in [0.15, 0.2) is 0 Å². The lowest BCUT2D eigenvalue weighted by atomic mass is 9.89. The molecule has 0 bridgehead atoms. The van der Waals surface area contributed by atoms with E-state index in [1.807, 2.05) is 43.3 Å². The highest BCUT2D eigenvalue weighted by molar-refractivity contribution is 5.32. The van der Waals surface area contributed by atoms with Crippen LogP contribution in [0, 0.1) is 6.92 Å². The molecule has 2 aromatic carbocycles. The number of rotatable bonds is 7. The van der Waals surface area contributed by atoms with Gasteiger partial charge in [-0.25, -0.2) is 0 Å². The predicted molar refractivity (Wildman–Crippen MR) is 104 cm³/mol. The van der Waals surface area contributed by atoms with Gasteiger partial charge in [-0.05, 0) is 68.5 Å². The molecule has 26 heavy (non-hydrogen) atoms. The number of aliphatic hydroxyl groups is 1. The monoisotopic (exact) mass is 355 g/mol. The lowest BCUT2D eigenvalue weighted by Gasteiger charge is -2.35. The molecule has 1 aliphatic rings. The van der Waals surface area contributed by atoms with Crippen LogP contribution in [-0.2, 0) is 6.42 Å². The van der Waals surface area contributed by atoms with Gasteiger partial charge in [0.2, 0.25) is 0 Å². The molecule has 0 unspecified atom stereocenters. The van der Waals surface area contributed by atoms with Gasteiger partial charge in [-0.1, -0.05) is 30.3 Å². The standard InChI is InChI=1S/C22H29NO3/c1-16-7-3-4-11-20(16)26-21-12-6-10-19(22(21)24)23-14-13-17-8-5-9-18(15-17)25-2/h3-5,7-9,11,15,19,21-24H,6,10,12-14H2,1-2H3/t19-,21+,22+/m0/s1. The van der Waals surface area contributed by atoms with Crippen LogP contribution < -0.4 is 14.8 Å². The molecular weight excluding hydrogens is 326 g/mol. The Morgan fingerprint density at radius 1 is 1.12 bits per heavy atom. The molecule has 0 saturated heterocycles. The summed E-state index contributed by atoms with van der Waals surface area (Å²) in [6, 6.07) is 16.2. The zero-order valence-corrected chi connectivity index (χ0v) is 15.7. The van der Waals surface area contributed by atoms with Crippen LogP contribution in [0.5, 0.6) is 11.5 Å². The molecule has 4 heteroatoms. The van der Waals surface area contributed by atoms with Crippen LogP contribution in [0.4, 0.5) is 0 Å². The van der Waals surface area contributed by atoms with E-state index in [9.17, 15) is 5.11 Å². The maximum absolute atomic E-state index is 10.8. The summed E-state index contributed by atoms with van der Waals surface area (Å²) in [6.45, 7) is 2.86. The first-order valence-electron chi connectivity index (χ1n) is 9.44. The Bertz CT molecular complexity index is 703. The fourth-order valence-corrected chi connectivity index (χ4v) is 3.57. The number of para-hydroxylation sites is 1. The summed E-state index contributed by atoms with van der Waals surface area (Å²) in [5.74, 6) is 1.75. The van der Waals surface area contributed by atoms with E-state index in [1.165, 1.54) is 5.56 Å². The van der Waals surface area contributed by atoms with E-state index in [-0.39, 0.29) is 12.1 Å². The van der Waals surface area contributed by atoms with Gasteiger partial charge in [0.25, 0.3) is 0 Å². The maximum atomic E-state index is 10.8. The van der Waals surface area contributed by atoms with E-state index in [0.717, 1.165) is 49.3 Å². The highest BCUT2D eigenvalue weighted by atomic mass is 16.5. The Morgan fingerprint density at radius 3 is 2.77 bits per heavy atom. The van der Waals surface area contributed by atoms with Crippen molar-refractivity contribution in [1.82, 2.24) is 5.32 Å². The molecule has 0 amide bonds. The summed E-state index contributed by atoms with van der Waals surface area (Å²) in [7, 11) is 1.68. The van der Waals surface area contributed by atoms with E-state index in [4.69, 9.17) is 9.47 Å². The van der Waals surface area contributed by atoms with E-state index >= 15 is 0 Å². The van der Waals surface area contributed by atoms with Gasteiger partial charge in [-0.3, -0.25) is 0 Å². The molecule has 140 valence electrons. The molecule has 3 atom stereocenters. The van der Waals surface area contributed by atoms with Crippen molar-refractivity contribution in [2.45, 2.75) is 50.9 Å². The fourth-order valence-electron chi connectivity index (χ4n) is 3.57. The number of methoxy groups -OCH3 is 1. The van der Waals surface area contributed by atoms with Crippen molar-refractivity contribution in [2.24, 2.45) is 0 Å². The predicted octanol–water partition coefficient (Wildman–Crippen LogP) is 3.50. The number of nitrogens with one attached hydrogen (secondary N) is 1. The maximum Gasteiger partial charge on any atom is 0.126 e. The van der Waals surface area contributed by atoms with Crippen LogP contribution in [0.3, 0.4) is 0 Å². The van der Waals surface area contributed by atoms with E-state index in [1.54, 1.807) is 7.11 Å². The Labute approximate surface area is 156 Å². The largest absolute Gasteiger partial charge is 0.497 e. The first-order chi connectivity index (χ1) is 12.7. The summed E-state index contributed by atoms with van der Waals surface area (Å²) < 4.78 is 11.4. The van der Waals surface area contributed by atoms with Crippen molar-refractivity contribution in [2.75, 3.05) is 13.7 Å². The Balaban J connectivity index is 1.52. The minimum Gasteiger partial charge on any atom is -0.497 e. The second kappa shape index (κ2) is 9.06. The average molecular weight is 355 g/mol. The first-order valence-corrected chi connectivity index (χ1v) is 9.44. The highest BCUT2D eigenvalue weighted by Gasteiger charge is 2.33. The summed E-state index contributed by atoms with van der Waals surface area (Å²) in [5.41, 5.74) is 2.34. The topological polar surface area (TPSA) is 50.7 Å². The Kier molecular flexibility index (Phi) is 6.53. The summed E-state index contributed by atoms with van der Waals surface area (Å²) in [6.07, 6.45) is 3.19. The minimum absolute atomic E-state index is 0.0726. The molecule has 0 aromatic heterocycles. The fraction of sp³-hybridized carbons (Fsp3) is 0.455. The molecule has 1 saturated carbocycles. The van der Waals surface area contributed by atoms with Crippen LogP contribution in [0.1, 0.15) is 30.4 Å². The second-order valence-corrected chi connectivity index (χ2v) is 7.01. The number of aryl methyl sites for hydroxylation is 1. The Morgan fingerprint density at radius 2 is 1.96 bits per heavy atom. The van der Waals surface area contributed by atoms with Crippen molar-refractivity contribution in [3.05, 3.63) is 59.7 Å². The molecule has 0 aliphatic heterocycles. The van der Waals surface area contributed by atoms with Crippen LogP contribution in [0.25, 0.3) is 0 Å². The van der Waals surface area contributed by atoms with Crippen LogP contribution >= 0.6 is 0 Å². The summed E-state index contributed by atoms with van der Waals surface area (Å²) in [5, 5.41) is 14.3. The molecule has 4 nitrogen and oxygen atoms in total. The third-order valence-electron chi connectivity index (χ3n) is 5.12. The van der Waals surface area contributed by atoms with E-state index < -0.39 is 6.10 Å². The lowest BCUT2D eigenvalue weighted by Crippen LogP contribution is -2.51. The van der Waals surface area contributed by atoms with Crippen molar-refractivity contribution >= 4 is 0 Å². The molecular formula is C22H29NO3. The van der Waals surface area contributed by atoms with Crippen LogP contribution in [0.15, 0.2) is 48.5 Å². The molecule has 2 N–H and O–H groups in total. The van der Waals surface area contributed by atoms with Crippen molar-refractivity contribution in [3.63, 3.8) is 0 Å².